The summed E-state index contributed by atoms with van der Waals surface area (Å²) in [5, 5.41) is 1.05. The van der Waals surface area contributed by atoms with Gasteiger partial charge >= 0.3 is 0 Å². The molecular weight excluding hydrogens is 238 g/mol. The molecule has 94 valence electrons. The van der Waals surface area contributed by atoms with Crippen molar-refractivity contribution in [2.75, 3.05) is 0 Å². The van der Waals surface area contributed by atoms with Gasteiger partial charge in [0.05, 0.1) is 23.8 Å². The molecule has 0 spiro atoms. The number of benzene rings is 1. The molecule has 2 N–H and O–H groups in total. The second kappa shape index (κ2) is 4.57. The number of aromatic nitrogens is 2. The quantitative estimate of drug-likeness (QED) is 0.774. The zero-order chi connectivity index (χ0) is 13.2. The lowest BCUT2D eigenvalue weighted by atomic mass is 10.1. The number of para-hydroxylation sites is 1. The summed E-state index contributed by atoms with van der Waals surface area (Å²) < 4.78 is 2.03. The fraction of sp³-hybridized carbons (Fsp3) is 0.0667. The summed E-state index contributed by atoms with van der Waals surface area (Å²) in [7, 11) is 0. The van der Waals surface area contributed by atoms with Crippen LogP contribution in [0.4, 0.5) is 0 Å². The number of hydrogen-bond acceptors (Lipinski definition) is 2. The monoisotopic (exact) mass is 251 g/mol. The zero-order valence-electron chi connectivity index (χ0n) is 10.3. The van der Waals surface area contributed by atoms with Crippen LogP contribution in [-0.2, 0) is 11.2 Å². The average molecular weight is 251 g/mol. The second-order valence-electron chi connectivity index (χ2n) is 4.40. The van der Waals surface area contributed by atoms with Crippen molar-refractivity contribution in [1.29, 1.82) is 0 Å². The first-order valence-corrected chi connectivity index (χ1v) is 6.03. The van der Waals surface area contributed by atoms with Gasteiger partial charge in [-0.25, -0.2) is 0 Å². The minimum Gasteiger partial charge on any atom is -0.369 e. The molecule has 3 rings (SSSR count). The van der Waals surface area contributed by atoms with Gasteiger partial charge < -0.3 is 10.3 Å². The van der Waals surface area contributed by atoms with Gasteiger partial charge in [0.2, 0.25) is 5.91 Å². The molecule has 4 heteroatoms. The first-order valence-electron chi connectivity index (χ1n) is 6.03. The number of carbonyl (C=O) groups is 1. The molecule has 0 saturated carbocycles. The maximum absolute atomic E-state index is 11.2. The maximum atomic E-state index is 11.2. The highest BCUT2D eigenvalue weighted by atomic mass is 16.1. The first kappa shape index (κ1) is 11.5. The highest BCUT2D eigenvalue weighted by molar-refractivity contribution is 5.89. The second-order valence-corrected chi connectivity index (χ2v) is 4.40. The van der Waals surface area contributed by atoms with Gasteiger partial charge in [0.1, 0.15) is 0 Å². The molecule has 2 aromatic heterocycles. The van der Waals surface area contributed by atoms with Crippen LogP contribution in [0.5, 0.6) is 0 Å². The number of hydrogen-bond donors (Lipinski definition) is 1. The Morgan fingerprint density at radius 3 is 2.79 bits per heavy atom. The molecule has 19 heavy (non-hydrogen) atoms. The predicted octanol–water partition coefficient (Wildman–Crippen LogP) is 2.05. The van der Waals surface area contributed by atoms with E-state index < -0.39 is 0 Å². The zero-order valence-corrected chi connectivity index (χ0v) is 10.3. The minimum atomic E-state index is -0.325. The largest absolute Gasteiger partial charge is 0.369 e. The predicted molar refractivity (Wildman–Crippen MR) is 74.0 cm³/mol. The van der Waals surface area contributed by atoms with E-state index in [2.05, 4.69) is 4.98 Å². The molecule has 0 radical (unpaired) electrons. The molecule has 0 fully saturated rings. The number of amides is 1. The third-order valence-electron chi connectivity index (χ3n) is 3.08. The lowest BCUT2D eigenvalue weighted by Crippen LogP contribution is -2.13. The van der Waals surface area contributed by atoms with E-state index in [0.29, 0.717) is 0 Å². The smallest absolute Gasteiger partial charge is 0.221 e. The third-order valence-corrected chi connectivity index (χ3v) is 3.08. The summed E-state index contributed by atoms with van der Waals surface area (Å²) >= 11 is 0. The van der Waals surface area contributed by atoms with Crippen molar-refractivity contribution >= 4 is 16.8 Å². The molecule has 3 aromatic rings. The van der Waals surface area contributed by atoms with Crippen LogP contribution in [0.25, 0.3) is 16.6 Å². The highest BCUT2D eigenvalue weighted by Gasteiger charge is 2.10. The van der Waals surface area contributed by atoms with Crippen LogP contribution >= 0.6 is 0 Å². The van der Waals surface area contributed by atoms with E-state index in [9.17, 15) is 4.79 Å². The fourth-order valence-electron chi connectivity index (χ4n) is 2.29. The maximum Gasteiger partial charge on any atom is 0.221 e. The van der Waals surface area contributed by atoms with Crippen LogP contribution in [0.2, 0.25) is 0 Å². The average Bonchev–Trinajstić information content (AvgIpc) is 2.78. The van der Waals surface area contributed by atoms with Gasteiger partial charge in [-0.3, -0.25) is 9.78 Å². The molecule has 0 aliphatic carbocycles. The van der Waals surface area contributed by atoms with Crippen LogP contribution in [-0.4, -0.2) is 15.5 Å². The number of carbonyl (C=O) groups excluding carboxylic acids is 1. The number of rotatable bonds is 3. The molecule has 4 nitrogen and oxygen atoms in total. The van der Waals surface area contributed by atoms with Crippen LogP contribution < -0.4 is 5.73 Å². The number of primary amides is 1. The van der Waals surface area contributed by atoms with Crippen LogP contribution in [0.15, 0.2) is 55.0 Å². The van der Waals surface area contributed by atoms with Crippen molar-refractivity contribution in [2.45, 2.75) is 6.42 Å². The topological polar surface area (TPSA) is 60.9 Å². The Kier molecular flexibility index (Phi) is 2.76. The summed E-state index contributed by atoms with van der Waals surface area (Å²) in [6.45, 7) is 0. The van der Waals surface area contributed by atoms with Gasteiger partial charge in [-0.2, -0.15) is 0 Å². The molecule has 1 amide bonds. The molecule has 0 bridgehead atoms. The van der Waals surface area contributed by atoms with Gasteiger partial charge in [-0.1, -0.05) is 18.2 Å². The molecule has 1 aromatic carbocycles. The first-order chi connectivity index (χ1) is 9.25. The summed E-state index contributed by atoms with van der Waals surface area (Å²) in [5.41, 5.74) is 8.25. The molecule has 0 aliphatic heterocycles. The molecular formula is C15H13N3O. The molecule has 2 heterocycles. The van der Waals surface area contributed by atoms with Crippen molar-refractivity contribution in [3.05, 3.63) is 60.6 Å². The Morgan fingerprint density at radius 2 is 2.05 bits per heavy atom. The summed E-state index contributed by atoms with van der Waals surface area (Å²) in [5.74, 6) is -0.325. The van der Waals surface area contributed by atoms with Crippen molar-refractivity contribution in [3.63, 3.8) is 0 Å². The SMILES string of the molecule is NC(=O)Cc1cn(-c2cccnc2)c2ccccc12. The highest BCUT2D eigenvalue weighted by Crippen LogP contribution is 2.24. The molecule has 0 aliphatic rings. The summed E-state index contributed by atoms with van der Waals surface area (Å²) in [6, 6.07) is 11.8. The minimum absolute atomic E-state index is 0.244. The van der Waals surface area contributed by atoms with Gasteiger partial charge in [0.25, 0.3) is 0 Å². The van der Waals surface area contributed by atoms with E-state index >= 15 is 0 Å². The van der Waals surface area contributed by atoms with Gasteiger partial charge in [0.15, 0.2) is 0 Å². The Bertz CT molecular complexity index is 731. The van der Waals surface area contributed by atoms with Crippen molar-refractivity contribution in [3.8, 4) is 5.69 Å². The Hall–Kier alpha value is -2.62. The fourth-order valence-corrected chi connectivity index (χ4v) is 2.29. The molecule has 0 unspecified atom stereocenters. The van der Waals surface area contributed by atoms with E-state index in [1.807, 2.05) is 47.2 Å². The lowest BCUT2D eigenvalue weighted by molar-refractivity contribution is -0.117. The van der Waals surface area contributed by atoms with E-state index in [1.165, 1.54) is 0 Å². The van der Waals surface area contributed by atoms with E-state index in [1.54, 1.807) is 12.4 Å². The summed E-state index contributed by atoms with van der Waals surface area (Å²) in [4.78, 5) is 15.3. The summed E-state index contributed by atoms with van der Waals surface area (Å²) in [6.07, 6.45) is 5.72. The number of pyridine rings is 1. The number of nitrogens with zero attached hydrogens (tertiary/aromatic N) is 2. The van der Waals surface area contributed by atoms with Crippen LogP contribution in [0, 0.1) is 0 Å². The standard InChI is InChI=1S/C15H13N3O/c16-15(19)8-11-10-18(12-4-3-7-17-9-12)14-6-2-1-5-13(11)14/h1-7,9-10H,8H2,(H2,16,19). The van der Waals surface area contributed by atoms with Crippen molar-refractivity contribution in [1.82, 2.24) is 9.55 Å². The van der Waals surface area contributed by atoms with E-state index in [0.717, 1.165) is 22.2 Å². The lowest BCUT2D eigenvalue weighted by Gasteiger charge is -2.03. The normalized spacial score (nSPS) is 10.7. The van der Waals surface area contributed by atoms with Gasteiger partial charge in [-0.05, 0) is 23.8 Å². The number of nitrogens with two attached hydrogens (primary N) is 1. The van der Waals surface area contributed by atoms with Gasteiger partial charge in [-0.15, -0.1) is 0 Å². The van der Waals surface area contributed by atoms with Crippen LogP contribution in [0.3, 0.4) is 0 Å². The molecule has 0 atom stereocenters. The third kappa shape index (κ3) is 2.08. The van der Waals surface area contributed by atoms with Gasteiger partial charge in [0, 0.05) is 17.8 Å². The Labute approximate surface area is 110 Å². The number of fused-ring (bicyclic) bond motifs is 1. The van der Waals surface area contributed by atoms with Crippen molar-refractivity contribution < 1.29 is 4.79 Å². The van der Waals surface area contributed by atoms with E-state index in [4.69, 9.17) is 5.73 Å². The van der Waals surface area contributed by atoms with E-state index in [-0.39, 0.29) is 12.3 Å². The Balaban J connectivity index is 2.23. The molecule has 0 saturated heterocycles. The van der Waals surface area contributed by atoms with Crippen molar-refractivity contribution in [2.24, 2.45) is 5.73 Å². The Morgan fingerprint density at radius 1 is 1.21 bits per heavy atom. The van der Waals surface area contributed by atoms with Crippen LogP contribution in [0.1, 0.15) is 5.56 Å².